The molecule has 2 aromatic rings. The predicted octanol–water partition coefficient (Wildman–Crippen LogP) is 2.82. The number of rotatable bonds is 8. The molecule has 2 aromatic carbocycles. The number of carbonyl (C=O) groups is 3. The fraction of sp³-hybridized carbons (Fsp3) is 0.348. The van der Waals surface area contributed by atoms with E-state index in [0.29, 0.717) is 17.7 Å². The number of nitrogens with one attached hydrogen (secondary N) is 3. The molecule has 0 bridgehead atoms. The second kappa shape index (κ2) is 10.4. The minimum Gasteiger partial charge on any atom is -0.352 e. The van der Waals surface area contributed by atoms with Crippen molar-refractivity contribution in [3.8, 4) is 0 Å². The van der Waals surface area contributed by atoms with E-state index in [1.54, 1.807) is 30.3 Å². The Morgan fingerprint density at radius 1 is 0.931 bits per heavy atom. The van der Waals surface area contributed by atoms with Gasteiger partial charge in [-0.15, -0.1) is 0 Å². The van der Waals surface area contributed by atoms with Crippen molar-refractivity contribution in [1.82, 2.24) is 16.0 Å². The maximum Gasteiger partial charge on any atom is 0.252 e. The first-order valence-corrected chi connectivity index (χ1v) is 9.84. The lowest BCUT2D eigenvalue weighted by Crippen LogP contribution is -2.49. The first-order chi connectivity index (χ1) is 13.8. The van der Waals surface area contributed by atoms with E-state index in [1.165, 1.54) is 0 Å². The fourth-order valence-electron chi connectivity index (χ4n) is 2.97. The fourth-order valence-corrected chi connectivity index (χ4v) is 2.97. The topological polar surface area (TPSA) is 87.3 Å². The molecule has 0 saturated heterocycles. The molecule has 29 heavy (non-hydrogen) atoms. The minimum atomic E-state index is -0.659. The van der Waals surface area contributed by atoms with Crippen LogP contribution in [-0.4, -0.2) is 30.3 Å². The van der Waals surface area contributed by atoms with Crippen molar-refractivity contribution in [2.24, 2.45) is 5.92 Å². The first-order valence-electron chi connectivity index (χ1n) is 9.84. The Morgan fingerprint density at radius 3 is 2.31 bits per heavy atom. The molecule has 0 fully saturated rings. The second-order valence-corrected chi connectivity index (χ2v) is 7.29. The Balaban J connectivity index is 2.03. The molecule has 3 amide bonds. The maximum absolute atomic E-state index is 12.7. The average molecular weight is 396 g/mol. The summed E-state index contributed by atoms with van der Waals surface area (Å²) in [6, 6.07) is 13.7. The van der Waals surface area contributed by atoms with Crippen LogP contribution in [0.15, 0.2) is 48.5 Å². The standard InChI is InChI=1S/C23H29N3O3/c1-5-24-21(27)18-11-8-10-17(13-18)14-25-23(29)20(15(2)3)26-22(28)19-12-7-6-9-16(19)4/h6-13,15,20H,5,14H2,1-4H3,(H,24,27)(H,25,29)(H,26,28). The summed E-state index contributed by atoms with van der Waals surface area (Å²) >= 11 is 0. The van der Waals surface area contributed by atoms with Gasteiger partial charge in [0.1, 0.15) is 6.04 Å². The molecular weight excluding hydrogens is 366 g/mol. The van der Waals surface area contributed by atoms with E-state index in [0.717, 1.165) is 11.1 Å². The highest BCUT2D eigenvalue weighted by Crippen LogP contribution is 2.10. The zero-order valence-corrected chi connectivity index (χ0v) is 17.4. The lowest BCUT2D eigenvalue weighted by atomic mass is 10.0. The highest BCUT2D eigenvalue weighted by atomic mass is 16.2. The van der Waals surface area contributed by atoms with Crippen molar-refractivity contribution < 1.29 is 14.4 Å². The summed E-state index contributed by atoms with van der Waals surface area (Å²) in [7, 11) is 0. The third-order valence-corrected chi connectivity index (χ3v) is 4.62. The summed E-state index contributed by atoms with van der Waals surface area (Å²) in [5, 5.41) is 8.46. The summed E-state index contributed by atoms with van der Waals surface area (Å²) < 4.78 is 0. The first kappa shape index (κ1) is 22.1. The van der Waals surface area contributed by atoms with Crippen LogP contribution < -0.4 is 16.0 Å². The Bertz CT molecular complexity index is 877. The van der Waals surface area contributed by atoms with Crippen molar-refractivity contribution in [2.45, 2.75) is 40.3 Å². The molecule has 0 radical (unpaired) electrons. The van der Waals surface area contributed by atoms with Gasteiger partial charge in [0.2, 0.25) is 5.91 Å². The molecule has 6 nitrogen and oxygen atoms in total. The van der Waals surface area contributed by atoms with Crippen molar-refractivity contribution >= 4 is 17.7 Å². The summed E-state index contributed by atoms with van der Waals surface area (Å²) in [4.78, 5) is 37.3. The number of amides is 3. The largest absolute Gasteiger partial charge is 0.352 e. The van der Waals surface area contributed by atoms with Gasteiger partial charge in [0, 0.05) is 24.2 Å². The minimum absolute atomic E-state index is 0.0790. The Hall–Kier alpha value is -3.15. The van der Waals surface area contributed by atoms with Gasteiger partial charge in [-0.3, -0.25) is 14.4 Å². The van der Waals surface area contributed by atoms with Crippen LogP contribution in [-0.2, 0) is 11.3 Å². The van der Waals surface area contributed by atoms with Crippen molar-refractivity contribution in [2.75, 3.05) is 6.54 Å². The van der Waals surface area contributed by atoms with Crippen LogP contribution in [0.25, 0.3) is 0 Å². The van der Waals surface area contributed by atoms with Gasteiger partial charge in [0.05, 0.1) is 0 Å². The van der Waals surface area contributed by atoms with Gasteiger partial charge >= 0.3 is 0 Å². The number of hydrogen-bond acceptors (Lipinski definition) is 3. The zero-order chi connectivity index (χ0) is 21.4. The lowest BCUT2D eigenvalue weighted by Gasteiger charge is -2.22. The zero-order valence-electron chi connectivity index (χ0n) is 17.4. The van der Waals surface area contributed by atoms with Crippen LogP contribution in [0.2, 0.25) is 0 Å². The van der Waals surface area contributed by atoms with E-state index in [2.05, 4.69) is 16.0 Å². The number of aryl methyl sites for hydroxylation is 1. The Labute approximate surface area is 172 Å². The molecule has 0 aliphatic carbocycles. The summed E-state index contributed by atoms with van der Waals surface area (Å²) in [5.74, 6) is -0.753. The molecule has 6 heteroatoms. The van der Waals surface area contributed by atoms with Gasteiger partial charge in [-0.1, -0.05) is 44.2 Å². The third kappa shape index (κ3) is 6.17. The highest BCUT2D eigenvalue weighted by molar-refractivity contribution is 5.98. The number of carbonyl (C=O) groups excluding carboxylic acids is 3. The van der Waals surface area contributed by atoms with Crippen molar-refractivity contribution in [3.63, 3.8) is 0 Å². The molecule has 3 N–H and O–H groups in total. The van der Waals surface area contributed by atoms with Crippen LogP contribution in [0.5, 0.6) is 0 Å². The van der Waals surface area contributed by atoms with E-state index in [1.807, 2.05) is 45.9 Å². The van der Waals surface area contributed by atoms with Crippen molar-refractivity contribution in [1.29, 1.82) is 0 Å². The van der Waals surface area contributed by atoms with E-state index in [-0.39, 0.29) is 30.2 Å². The molecule has 0 aliphatic heterocycles. The molecule has 0 aliphatic rings. The lowest BCUT2D eigenvalue weighted by molar-refractivity contribution is -0.124. The maximum atomic E-state index is 12.7. The Morgan fingerprint density at radius 2 is 1.66 bits per heavy atom. The van der Waals surface area contributed by atoms with Crippen LogP contribution in [0.1, 0.15) is 52.6 Å². The molecule has 2 rings (SSSR count). The van der Waals surface area contributed by atoms with E-state index < -0.39 is 6.04 Å². The summed E-state index contributed by atoms with van der Waals surface area (Å²) in [6.45, 7) is 8.32. The molecule has 0 heterocycles. The molecule has 154 valence electrons. The molecule has 1 unspecified atom stereocenters. The van der Waals surface area contributed by atoms with Gasteiger partial charge in [0.25, 0.3) is 11.8 Å². The molecule has 0 aromatic heterocycles. The molecule has 0 saturated carbocycles. The smallest absolute Gasteiger partial charge is 0.252 e. The monoisotopic (exact) mass is 395 g/mol. The van der Waals surface area contributed by atoms with Gasteiger partial charge in [-0.25, -0.2) is 0 Å². The van der Waals surface area contributed by atoms with Crippen LogP contribution in [0, 0.1) is 12.8 Å². The average Bonchev–Trinajstić information content (AvgIpc) is 2.70. The van der Waals surface area contributed by atoms with Crippen LogP contribution >= 0.6 is 0 Å². The van der Waals surface area contributed by atoms with E-state index in [9.17, 15) is 14.4 Å². The number of hydrogen-bond donors (Lipinski definition) is 3. The molecule has 1 atom stereocenters. The highest BCUT2D eigenvalue weighted by Gasteiger charge is 2.25. The normalized spacial score (nSPS) is 11.6. The molecule has 0 spiro atoms. The summed E-state index contributed by atoms with van der Waals surface area (Å²) in [6.07, 6.45) is 0. The van der Waals surface area contributed by atoms with E-state index >= 15 is 0 Å². The Kier molecular flexibility index (Phi) is 7.95. The SMILES string of the molecule is CCNC(=O)c1cccc(CNC(=O)C(NC(=O)c2ccccc2C)C(C)C)c1. The van der Waals surface area contributed by atoms with Crippen LogP contribution in [0.4, 0.5) is 0 Å². The third-order valence-electron chi connectivity index (χ3n) is 4.62. The van der Waals surface area contributed by atoms with Gasteiger partial charge < -0.3 is 16.0 Å². The van der Waals surface area contributed by atoms with Gasteiger partial charge in [-0.05, 0) is 49.1 Å². The van der Waals surface area contributed by atoms with Gasteiger partial charge in [-0.2, -0.15) is 0 Å². The number of benzene rings is 2. The van der Waals surface area contributed by atoms with Crippen LogP contribution in [0.3, 0.4) is 0 Å². The van der Waals surface area contributed by atoms with E-state index in [4.69, 9.17) is 0 Å². The molecular formula is C23H29N3O3. The second-order valence-electron chi connectivity index (χ2n) is 7.29. The quantitative estimate of drug-likeness (QED) is 0.642. The van der Waals surface area contributed by atoms with Crippen molar-refractivity contribution in [3.05, 3.63) is 70.8 Å². The van der Waals surface area contributed by atoms with Gasteiger partial charge in [0.15, 0.2) is 0 Å². The summed E-state index contributed by atoms with van der Waals surface area (Å²) in [5.41, 5.74) is 2.78. The predicted molar refractivity (Wildman–Crippen MR) is 114 cm³/mol.